The van der Waals surface area contributed by atoms with Gasteiger partial charge in [-0.1, -0.05) is 67.8 Å². The van der Waals surface area contributed by atoms with Crippen molar-refractivity contribution in [2.24, 2.45) is 0 Å². The number of carbonyl (C=O) groups excluding carboxylic acids is 1. The summed E-state index contributed by atoms with van der Waals surface area (Å²) in [5.74, 6) is -0.417. The van der Waals surface area contributed by atoms with Crippen molar-refractivity contribution in [2.45, 2.75) is 80.7 Å². The van der Waals surface area contributed by atoms with E-state index >= 15 is 0 Å². The summed E-state index contributed by atoms with van der Waals surface area (Å²) in [7, 11) is 3.49. The lowest BCUT2D eigenvalue weighted by atomic mass is 10.0. The maximum Gasteiger partial charge on any atom is 0.274 e. The highest BCUT2D eigenvalue weighted by atomic mass is 35.5. The van der Waals surface area contributed by atoms with Gasteiger partial charge >= 0.3 is 0 Å². The van der Waals surface area contributed by atoms with E-state index in [-0.39, 0.29) is 24.4 Å². The number of rotatable bonds is 8. The number of ether oxygens (including phenoxy) is 1. The Balaban J connectivity index is 0.00000104. The van der Waals surface area contributed by atoms with Crippen LogP contribution in [0.5, 0.6) is 0 Å². The second-order valence-electron chi connectivity index (χ2n) is 10.6. The highest BCUT2D eigenvalue weighted by Gasteiger charge is 2.31. The molecule has 1 atom stereocenters. The molecule has 0 N–H and O–H groups in total. The molecule has 0 bridgehead atoms. The highest BCUT2D eigenvalue weighted by molar-refractivity contribution is 6.30. The molecule has 0 saturated heterocycles. The molecule has 7 heteroatoms. The van der Waals surface area contributed by atoms with Crippen LogP contribution in [-0.4, -0.2) is 47.4 Å². The van der Waals surface area contributed by atoms with Gasteiger partial charge in [0.25, 0.3) is 5.91 Å². The van der Waals surface area contributed by atoms with E-state index in [1.807, 2.05) is 87.7 Å². The fraction of sp³-hybridized carbons (Fsp3) is 0.405. The number of hydrogen-bond donors (Lipinski definition) is 0. The Bertz CT molecular complexity index is 1480. The number of allylic oxidation sites excluding steroid dienone is 3. The molecular weight excluding hydrogens is 573 g/mol. The Morgan fingerprint density at radius 2 is 1.75 bits per heavy atom. The minimum absolute atomic E-state index is 0.0606. The summed E-state index contributed by atoms with van der Waals surface area (Å²) in [6, 6.07) is 12.1. The third-order valence-electron chi connectivity index (χ3n) is 7.88. The topological polar surface area (TPSA) is 47.4 Å². The van der Waals surface area contributed by atoms with Gasteiger partial charge in [0.1, 0.15) is 5.82 Å². The first-order valence-electron chi connectivity index (χ1n) is 15.4. The third kappa shape index (κ3) is 8.80. The first-order valence-corrected chi connectivity index (χ1v) is 15.8. The molecule has 44 heavy (non-hydrogen) atoms. The van der Waals surface area contributed by atoms with Gasteiger partial charge in [-0.05, 0) is 101 Å². The van der Waals surface area contributed by atoms with Crippen LogP contribution in [0, 0.1) is 12.7 Å². The molecule has 1 amide bonds. The van der Waals surface area contributed by atoms with E-state index in [0.29, 0.717) is 10.7 Å². The Morgan fingerprint density at radius 3 is 2.27 bits per heavy atom. The number of carbonyl (C=O) groups is 1. The maximum atomic E-state index is 13.9. The van der Waals surface area contributed by atoms with E-state index < -0.39 is 0 Å². The van der Waals surface area contributed by atoms with Crippen molar-refractivity contribution in [3.05, 3.63) is 105 Å². The summed E-state index contributed by atoms with van der Waals surface area (Å²) >= 11 is 6.33. The summed E-state index contributed by atoms with van der Waals surface area (Å²) < 4.78 is 21.0. The lowest BCUT2D eigenvalue weighted by molar-refractivity contribution is 0.0746. The van der Waals surface area contributed by atoms with Gasteiger partial charge in [0.05, 0.1) is 24.0 Å². The highest BCUT2D eigenvalue weighted by Crippen LogP contribution is 2.33. The van der Waals surface area contributed by atoms with Crippen LogP contribution in [0.25, 0.3) is 17.3 Å². The average molecular weight is 622 g/mol. The Hall–Kier alpha value is -3.48. The van der Waals surface area contributed by atoms with Crippen LogP contribution in [-0.2, 0) is 11.2 Å². The maximum absolute atomic E-state index is 13.9. The fourth-order valence-electron chi connectivity index (χ4n) is 5.23. The molecule has 0 fully saturated rings. The number of likely N-dealkylation sites (N-methyl/N-ethyl adjacent to an activating group) is 1. The molecule has 0 spiro atoms. The van der Waals surface area contributed by atoms with E-state index in [2.05, 4.69) is 20.8 Å². The zero-order chi connectivity index (χ0) is 33.0. The predicted molar refractivity (Wildman–Crippen MR) is 184 cm³/mol. The number of hydrogen-bond acceptors (Lipinski definition) is 3. The molecule has 0 saturated carbocycles. The second-order valence-corrected chi connectivity index (χ2v) is 11.1. The molecule has 238 valence electrons. The number of nitrogens with zero attached hydrogens (tertiary/aromatic N) is 3. The van der Waals surface area contributed by atoms with E-state index in [0.717, 1.165) is 52.9 Å². The summed E-state index contributed by atoms with van der Waals surface area (Å²) in [4.78, 5) is 15.7. The number of aryl methyl sites for hydroxylation is 1. The van der Waals surface area contributed by atoms with E-state index in [4.69, 9.17) is 21.4 Å². The predicted octanol–water partition coefficient (Wildman–Crippen LogP) is 9.90. The number of methoxy groups -OCH3 is 1. The first-order chi connectivity index (χ1) is 21.1. The van der Waals surface area contributed by atoms with Gasteiger partial charge in [-0.15, -0.1) is 0 Å². The van der Waals surface area contributed by atoms with Crippen molar-refractivity contribution in [1.29, 1.82) is 0 Å². The smallest absolute Gasteiger partial charge is 0.274 e. The number of amides is 1. The van der Waals surface area contributed by atoms with Crippen molar-refractivity contribution < 1.29 is 13.9 Å². The molecule has 0 aliphatic heterocycles. The molecule has 1 aromatic heterocycles. The van der Waals surface area contributed by atoms with Gasteiger partial charge in [0.2, 0.25) is 0 Å². The minimum Gasteiger partial charge on any atom is -0.380 e. The minimum atomic E-state index is -0.298. The lowest BCUT2D eigenvalue weighted by Crippen LogP contribution is -2.37. The van der Waals surface area contributed by atoms with Crippen LogP contribution in [0.15, 0.2) is 65.8 Å². The zero-order valence-corrected chi connectivity index (χ0v) is 28.8. The van der Waals surface area contributed by atoms with Gasteiger partial charge in [-0.25, -0.2) is 9.07 Å². The monoisotopic (exact) mass is 621 g/mol. The molecule has 0 radical (unpaired) electrons. The molecule has 5 nitrogen and oxygen atoms in total. The van der Waals surface area contributed by atoms with Crippen LogP contribution in [0.3, 0.4) is 0 Å². The number of halogens is 2. The zero-order valence-electron chi connectivity index (χ0n) is 28.1. The van der Waals surface area contributed by atoms with Gasteiger partial charge in [-0.3, -0.25) is 4.79 Å². The van der Waals surface area contributed by atoms with Crippen molar-refractivity contribution >= 4 is 29.2 Å². The summed E-state index contributed by atoms with van der Waals surface area (Å²) in [5.41, 5.74) is 8.05. The van der Waals surface area contributed by atoms with E-state index in [1.165, 1.54) is 23.3 Å². The average Bonchev–Trinajstić information content (AvgIpc) is 3.55. The van der Waals surface area contributed by atoms with Crippen LogP contribution in [0.1, 0.15) is 94.2 Å². The Kier molecular flexibility index (Phi) is 14.8. The van der Waals surface area contributed by atoms with Gasteiger partial charge in [0.15, 0.2) is 5.69 Å². The van der Waals surface area contributed by atoms with Crippen molar-refractivity contribution in [1.82, 2.24) is 14.7 Å². The molecule has 4 rings (SSSR count). The van der Waals surface area contributed by atoms with Crippen LogP contribution >= 0.6 is 11.6 Å². The van der Waals surface area contributed by atoms with Crippen LogP contribution in [0.4, 0.5) is 4.39 Å². The van der Waals surface area contributed by atoms with E-state index in [9.17, 15) is 9.18 Å². The van der Waals surface area contributed by atoms with Gasteiger partial charge in [0, 0.05) is 30.3 Å². The molecule has 1 heterocycles. The van der Waals surface area contributed by atoms with Gasteiger partial charge in [-0.2, -0.15) is 5.10 Å². The summed E-state index contributed by atoms with van der Waals surface area (Å²) in [6.07, 6.45) is 8.61. The third-order valence-corrected chi connectivity index (χ3v) is 8.11. The van der Waals surface area contributed by atoms with Crippen LogP contribution < -0.4 is 0 Å². The normalized spacial score (nSPS) is 14.7. The molecular formula is C37H49ClFN3O2. The molecule has 1 aliphatic carbocycles. The molecule has 2 aromatic carbocycles. The SMILES string of the molecule is C/C=C\C.CC.CCc1cc(Cl)ccc1-n1nc(C(=O)N(C)[C@@H]2CCC(C)=C2C)c(C)c1/C(=C/c1ccc(F)cc1)COC. The number of benzene rings is 2. The lowest BCUT2D eigenvalue weighted by Gasteiger charge is -2.25. The van der Waals surface area contributed by atoms with Gasteiger partial charge < -0.3 is 9.64 Å². The molecule has 0 unspecified atom stereocenters. The van der Waals surface area contributed by atoms with Crippen molar-refractivity contribution in [2.75, 3.05) is 20.8 Å². The summed E-state index contributed by atoms with van der Waals surface area (Å²) in [6.45, 7) is 16.5. The second kappa shape index (κ2) is 17.7. The Labute approximate surface area is 269 Å². The standard InChI is InChI=1S/C31H35ClFN3O2.C4H8.C2H6/c1-7-23-17-25(32)11-15-28(23)36-30(24(18-38-6)16-22-9-12-26(33)13-10-22)21(4)29(34-36)31(37)35(5)27-14-8-19(2)20(27)3;1-3-4-2;1-2/h9-13,15-17,27H,7-8,14,18H2,1-6H3;3-4H,1-2H3;1-2H3/b24-16+;4-3-;/t27-;;/m1../s1. The quantitative estimate of drug-likeness (QED) is 0.235. The molecule has 3 aromatic rings. The van der Waals surface area contributed by atoms with E-state index in [1.54, 1.807) is 19.2 Å². The first kappa shape index (κ1) is 36.7. The summed E-state index contributed by atoms with van der Waals surface area (Å²) in [5, 5.41) is 5.57. The number of aromatic nitrogens is 2. The Morgan fingerprint density at radius 1 is 1.11 bits per heavy atom. The largest absolute Gasteiger partial charge is 0.380 e. The molecule has 1 aliphatic rings. The van der Waals surface area contributed by atoms with Crippen molar-refractivity contribution in [3.63, 3.8) is 0 Å². The van der Waals surface area contributed by atoms with Crippen molar-refractivity contribution in [3.8, 4) is 5.69 Å². The fourth-order valence-corrected chi connectivity index (χ4v) is 5.43. The van der Waals surface area contributed by atoms with Crippen LogP contribution in [0.2, 0.25) is 5.02 Å².